The van der Waals surface area contributed by atoms with Crippen molar-refractivity contribution in [3.63, 3.8) is 0 Å². The Labute approximate surface area is 138 Å². The van der Waals surface area contributed by atoms with E-state index in [1.165, 1.54) is 0 Å². The third kappa shape index (κ3) is 2.90. The maximum Gasteiger partial charge on any atom is 0.414 e. The number of nitrogens with zero attached hydrogens (tertiary/aromatic N) is 2. The van der Waals surface area contributed by atoms with Crippen LogP contribution in [0.4, 0.5) is 9.59 Å². The van der Waals surface area contributed by atoms with Crippen LogP contribution in [0.25, 0.3) is 0 Å². The van der Waals surface area contributed by atoms with E-state index >= 15 is 0 Å². The summed E-state index contributed by atoms with van der Waals surface area (Å²) in [5.74, 6) is 0. The molecule has 0 saturated carbocycles. The topological polar surface area (TPSA) is 129 Å². The number of likely N-dealkylation sites (tertiary alicyclic amines) is 2. The Morgan fingerprint density at radius 2 is 1.50 bits per heavy atom. The summed E-state index contributed by atoms with van der Waals surface area (Å²) >= 11 is 0. The van der Waals surface area contributed by atoms with Gasteiger partial charge in [0.2, 0.25) is 0 Å². The minimum absolute atomic E-state index is 0.110. The van der Waals surface area contributed by atoms with E-state index in [1.807, 2.05) is 0 Å². The van der Waals surface area contributed by atoms with Gasteiger partial charge in [-0.15, -0.1) is 0 Å². The molecule has 0 spiro atoms. The lowest BCUT2D eigenvalue weighted by atomic mass is 10.1. The third-order valence-electron chi connectivity index (χ3n) is 4.24. The maximum absolute atomic E-state index is 12.2. The Balaban J connectivity index is 1.72. The zero-order valence-electron chi connectivity index (χ0n) is 13.7. The number of fused-ring (bicyclic) bond motifs is 2. The van der Waals surface area contributed by atoms with Crippen LogP contribution in [0, 0.1) is 0 Å². The Morgan fingerprint density at radius 3 is 1.88 bits per heavy atom. The largest absolute Gasteiger partial charge is 0.465 e. The Morgan fingerprint density at radius 1 is 1.04 bits per heavy atom. The third-order valence-corrected chi connectivity index (χ3v) is 4.24. The fourth-order valence-electron chi connectivity index (χ4n) is 3.20. The molecule has 3 aliphatic rings. The van der Waals surface area contributed by atoms with Crippen molar-refractivity contribution in [2.75, 3.05) is 13.1 Å². The Kier molecular flexibility index (Phi) is 4.11. The van der Waals surface area contributed by atoms with Crippen LogP contribution in [-0.2, 0) is 14.2 Å². The van der Waals surface area contributed by atoms with E-state index in [0.717, 1.165) is 9.80 Å². The molecule has 24 heavy (non-hydrogen) atoms. The van der Waals surface area contributed by atoms with Gasteiger partial charge in [0.1, 0.15) is 30.0 Å². The minimum atomic E-state index is -1.44. The van der Waals surface area contributed by atoms with E-state index in [-0.39, 0.29) is 13.1 Å². The second-order valence-corrected chi connectivity index (χ2v) is 7.18. The highest BCUT2D eigenvalue weighted by Gasteiger charge is 2.58. The number of aliphatic hydroxyl groups excluding tert-OH is 2. The van der Waals surface area contributed by atoms with Gasteiger partial charge in [-0.05, 0) is 20.8 Å². The summed E-state index contributed by atoms with van der Waals surface area (Å²) in [6.45, 7) is 5.23. The molecule has 3 rings (SSSR count). The second-order valence-electron chi connectivity index (χ2n) is 7.18. The van der Waals surface area contributed by atoms with Crippen molar-refractivity contribution in [1.29, 1.82) is 0 Å². The normalized spacial score (nSPS) is 38.7. The fraction of sp³-hybridized carbons (Fsp3) is 0.857. The smallest absolute Gasteiger partial charge is 0.414 e. The molecule has 3 aliphatic heterocycles. The lowest BCUT2D eigenvalue weighted by Crippen LogP contribution is -2.51. The van der Waals surface area contributed by atoms with Crippen molar-refractivity contribution in [2.45, 2.75) is 63.2 Å². The van der Waals surface area contributed by atoms with Gasteiger partial charge in [-0.3, -0.25) is 4.90 Å². The van der Waals surface area contributed by atoms with Crippen LogP contribution in [0.2, 0.25) is 0 Å². The van der Waals surface area contributed by atoms with Crippen LogP contribution in [-0.4, -0.2) is 92.9 Å². The molecule has 6 unspecified atom stereocenters. The molecular formula is C14H22N2O8. The molecule has 0 aromatic carbocycles. The van der Waals surface area contributed by atoms with Gasteiger partial charge in [0.05, 0.1) is 13.1 Å². The van der Waals surface area contributed by atoms with E-state index in [2.05, 4.69) is 0 Å². The molecule has 3 N–H and O–H groups in total. The first kappa shape index (κ1) is 17.2. The van der Waals surface area contributed by atoms with E-state index in [1.54, 1.807) is 20.8 Å². The molecule has 10 nitrogen and oxygen atoms in total. The summed E-state index contributed by atoms with van der Waals surface area (Å²) in [5.41, 5.74) is -0.787. The molecule has 136 valence electrons. The quantitative estimate of drug-likeness (QED) is 0.530. The van der Waals surface area contributed by atoms with Crippen molar-refractivity contribution in [1.82, 2.24) is 9.80 Å². The van der Waals surface area contributed by atoms with Gasteiger partial charge in [0, 0.05) is 0 Å². The summed E-state index contributed by atoms with van der Waals surface area (Å²) < 4.78 is 16.6. The first-order chi connectivity index (χ1) is 11.1. The van der Waals surface area contributed by atoms with E-state index in [9.17, 15) is 19.8 Å². The molecule has 0 aromatic heterocycles. The summed E-state index contributed by atoms with van der Waals surface area (Å²) in [5, 5.41) is 29.7. The van der Waals surface area contributed by atoms with Crippen molar-refractivity contribution in [3.05, 3.63) is 0 Å². The zero-order chi connectivity index (χ0) is 17.8. The van der Waals surface area contributed by atoms with Crippen LogP contribution in [0.15, 0.2) is 0 Å². The van der Waals surface area contributed by atoms with Gasteiger partial charge in [-0.25, -0.2) is 9.59 Å². The number of ether oxygens (including phenoxy) is 3. The first-order valence-electron chi connectivity index (χ1n) is 7.75. The number of rotatable bonds is 0. The molecule has 3 heterocycles. The highest BCUT2D eigenvalue weighted by atomic mass is 16.6. The Bertz CT molecular complexity index is 509. The molecule has 3 fully saturated rings. The van der Waals surface area contributed by atoms with Crippen LogP contribution in [0.5, 0.6) is 0 Å². The SMILES string of the molecule is CC(C)(C)OC(=O)N1C(O)C2OC3CN(C(=O)O)CC3OC2C1O. The molecule has 2 amide bonds. The van der Waals surface area contributed by atoms with Crippen LogP contribution in [0.1, 0.15) is 20.8 Å². The average molecular weight is 346 g/mol. The number of hydrogen-bond donors (Lipinski definition) is 3. The minimum Gasteiger partial charge on any atom is -0.465 e. The number of aliphatic hydroxyl groups is 2. The van der Waals surface area contributed by atoms with Gasteiger partial charge >= 0.3 is 12.2 Å². The van der Waals surface area contributed by atoms with Crippen LogP contribution in [0.3, 0.4) is 0 Å². The van der Waals surface area contributed by atoms with Crippen molar-refractivity contribution < 1.29 is 39.1 Å². The number of hydrogen-bond acceptors (Lipinski definition) is 7. The molecule has 0 aromatic rings. The van der Waals surface area contributed by atoms with E-state index < -0.39 is 54.7 Å². The molecule has 0 radical (unpaired) electrons. The lowest BCUT2D eigenvalue weighted by Gasteiger charge is -2.35. The van der Waals surface area contributed by atoms with E-state index in [4.69, 9.17) is 19.3 Å². The van der Waals surface area contributed by atoms with E-state index in [0.29, 0.717) is 0 Å². The molecular weight excluding hydrogens is 324 g/mol. The number of carbonyl (C=O) groups is 2. The second kappa shape index (κ2) is 5.73. The highest BCUT2D eigenvalue weighted by Crippen LogP contribution is 2.36. The standard InChI is InChI=1S/C14H22N2O8/c1-14(2,3)24-13(21)16-10(17)8-9(11(16)18)23-7-5-15(12(19)20)4-6(7)22-8/h6-11,17-18H,4-5H2,1-3H3,(H,19,20). The lowest BCUT2D eigenvalue weighted by molar-refractivity contribution is -0.221. The molecule has 0 aliphatic carbocycles. The average Bonchev–Trinajstić information content (AvgIpc) is 2.95. The number of carbonyl (C=O) groups excluding carboxylic acids is 1. The molecule has 3 saturated heterocycles. The molecule has 6 atom stereocenters. The van der Waals surface area contributed by atoms with Gasteiger partial charge in [0.25, 0.3) is 0 Å². The summed E-state index contributed by atoms with van der Waals surface area (Å²) in [7, 11) is 0. The van der Waals surface area contributed by atoms with Gasteiger partial charge in [-0.1, -0.05) is 0 Å². The summed E-state index contributed by atoms with van der Waals surface area (Å²) in [6, 6.07) is 0. The summed E-state index contributed by atoms with van der Waals surface area (Å²) in [4.78, 5) is 25.2. The van der Waals surface area contributed by atoms with Gasteiger partial charge in [0.15, 0.2) is 12.5 Å². The van der Waals surface area contributed by atoms with Crippen molar-refractivity contribution in [3.8, 4) is 0 Å². The number of amides is 2. The first-order valence-corrected chi connectivity index (χ1v) is 7.75. The maximum atomic E-state index is 12.2. The van der Waals surface area contributed by atoms with Gasteiger partial charge < -0.3 is 34.4 Å². The van der Waals surface area contributed by atoms with Crippen LogP contribution < -0.4 is 0 Å². The fourth-order valence-corrected chi connectivity index (χ4v) is 3.20. The molecule has 10 heteroatoms. The number of carboxylic acid groups (broad SMARTS) is 1. The summed E-state index contributed by atoms with van der Waals surface area (Å²) in [6.07, 6.45) is -7.89. The van der Waals surface area contributed by atoms with Crippen molar-refractivity contribution in [2.24, 2.45) is 0 Å². The Hall–Kier alpha value is -1.62. The van der Waals surface area contributed by atoms with Crippen LogP contribution >= 0.6 is 0 Å². The molecule has 0 bridgehead atoms. The van der Waals surface area contributed by atoms with Crippen molar-refractivity contribution >= 4 is 12.2 Å². The predicted octanol–water partition coefficient (Wildman–Crippen LogP) is -0.611. The van der Waals surface area contributed by atoms with Gasteiger partial charge in [-0.2, -0.15) is 0 Å². The highest BCUT2D eigenvalue weighted by molar-refractivity contribution is 5.69. The zero-order valence-corrected chi connectivity index (χ0v) is 13.7. The predicted molar refractivity (Wildman–Crippen MR) is 77.0 cm³/mol. The monoisotopic (exact) mass is 346 g/mol.